The van der Waals surface area contributed by atoms with Crippen molar-refractivity contribution in [2.45, 2.75) is 17.3 Å². The quantitative estimate of drug-likeness (QED) is 0.299. The second kappa shape index (κ2) is 6.89. The van der Waals surface area contributed by atoms with Gasteiger partial charge in [-0.15, -0.1) is 0 Å². The van der Waals surface area contributed by atoms with E-state index < -0.39 is 13.3 Å². The third-order valence-corrected chi connectivity index (χ3v) is 9.81. The first-order chi connectivity index (χ1) is 14.1. The molecule has 0 fully saturated rings. The van der Waals surface area contributed by atoms with Crippen molar-refractivity contribution in [1.82, 2.24) is 9.55 Å². The number of pyridine rings is 1. The van der Waals surface area contributed by atoms with Gasteiger partial charge in [-0.3, -0.25) is 0 Å². The SMILES string of the molecule is [CH3][Ge]([CH3])([CH3])[c]1cccc2c3c(-c4ccccc4)nccc3n(-c3ccccc3)c12. The van der Waals surface area contributed by atoms with Crippen LogP contribution in [0, 0.1) is 0 Å². The summed E-state index contributed by atoms with van der Waals surface area (Å²) in [4.78, 5) is 4.83. The Hall–Kier alpha value is -2.85. The molecule has 0 aliphatic rings. The first kappa shape index (κ1) is 18.2. The van der Waals surface area contributed by atoms with Gasteiger partial charge in [0.25, 0.3) is 0 Å². The third-order valence-electron chi connectivity index (χ3n) is 5.57. The summed E-state index contributed by atoms with van der Waals surface area (Å²) in [5, 5.41) is 2.54. The number of benzene rings is 3. The molecule has 0 N–H and O–H groups in total. The molecule has 2 heterocycles. The maximum atomic E-state index is 4.83. The molecule has 29 heavy (non-hydrogen) atoms. The van der Waals surface area contributed by atoms with Crippen molar-refractivity contribution < 1.29 is 0 Å². The molecule has 142 valence electrons. The average molecular weight is 437 g/mol. The van der Waals surface area contributed by atoms with Crippen molar-refractivity contribution in [2.24, 2.45) is 0 Å². The van der Waals surface area contributed by atoms with Gasteiger partial charge in [0.2, 0.25) is 0 Å². The van der Waals surface area contributed by atoms with Crippen LogP contribution in [0.4, 0.5) is 0 Å². The van der Waals surface area contributed by atoms with Crippen LogP contribution in [0.5, 0.6) is 0 Å². The van der Waals surface area contributed by atoms with Crippen LogP contribution in [-0.2, 0) is 0 Å². The Balaban J connectivity index is 2.01. The number of aromatic nitrogens is 2. The third kappa shape index (κ3) is 2.99. The van der Waals surface area contributed by atoms with Gasteiger partial charge in [0.15, 0.2) is 0 Å². The molecule has 5 aromatic rings. The molecule has 0 atom stereocenters. The van der Waals surface area contributed by atoms with Crippen LogP contribution >= 0.6 is 0 Å². The summed E-state index contributed by atoms with van der Waals surface area (Å²) in [7, 11) is 0. The van der Waals surface area contributed by atoms with Crippen LogP contribution in [0.2, 0.25) is 17.3 Å². The van der Waals surface area contributed by atoms with Crippen molar-refractivity contribution in [1.29, 1.82) is 0 Å². The van der Waals surface area contributed by atoms with E-state index in [2.05, 4.69) is 107 Å². The van der Waals surface area contributed by atoms with Gasteiger partial charge < -0.3 is 0 Å². The molecule has 3 aromatic carbocycles. The second-order valence-electron chi connectivity index (χ2n) is 8.54. The van der Waals surface area contributed by atoms with Crippen molar-refractivity contribution >= 4 is 39.5 Å². The molecule has 0 saturated heterocycles. The zero-order chi connectivity index (χ0) is 20.0. The molecule has 3 heteroatoms. The molecule has 2 aromatic heterocycles. The average Bonchev–Trinajstić information content (AvgIpc) is 3.09. The molecule has 5 rings (SSSR count). The van der Waals surface area contributed by atoms with E-state index in [1.165, 1.54) is 31.9 Å². The van der Waals surface area contributed by atoms with Crippen LogP contribution in [0.25, 0.3) is 38.8 Å². The molecule has 0 amide bonds. The zero-order valence-electron chi connectivity index (χ0n) is 17.1. The Morgan fingerprint density at radius 3 is 2.10 bits per heavy atom. The van der Waals surface area contributed by atoms with E-state index in [4.69, 9.17) is 4.98 Å². The summed E-state index contributed by atoms with van der Waals surface area (Å²) >= 11 is -2.12. The fourth-order valence-corrected chi connectivity index (χ4v) is 7.53. The first-order valence-electron chi connectivity index (χ1n) is 10.1. The molecule has 0 saturated carbocycles. The molecule has 0 bridgehead atoms. The number of rotatable bonds is 3. The summed E-state index contributed by atoms with van der Waals surface area (Å²) in [5.74, 6) is 7.41. The molecule has 0 spiro atoms. The predicted octanol–water partition coefficient (Wildman–Crippen LogP) is 6.39. The van der Waals surface area contributed by atoms with Crippen molar-refractivity contribution in [3.8, 4) is 16.9 Å². The molecule has 0 aliphatic heterocycles. The van der Waals surface area contributed by atoms with Crippen molar-refractivity contribution in [3.05, 3.63) is 91.1 Å². The zero-order valence-corrected chi connectivity index (χ0v) is 19.2. The van der Waals surface area contributed by atoms with Crippen LogP contribution < -0.4 is 4.40 Å². The summed E-state index contributed by atoms with van der Waals surface area (Å²) in [5.41, 5.74) is 6.00. The van der Waals surface area contributed by atoms with Gasteiger partial charge in [-0.2, -0.15) is 0 Å². The van der Waals surface area contributed by atoms with E-state index in [9.17, 15) is 0 Å². The van der Waals surface area contributed by atoms with E-state index in [1.54, 1.807) is 0 Å². The summed E-state index contributed by atoms with van der Waals surface area (Å²) < 4.78 is 3.98. The number of para-hydroxylation sites is 2. The summed E-state index contributed by atoms with van der Waals surface area (Å²) in [6, 6.07) is 30.3. The van der Waals surface area contributed by atoms with Gasteiger partial charge >= 0.3 is 174 Å². The van der Waals surface area contributed by atoms with Gasteiger partial charge in [0.1, 0.15) is 0 Å². The molecule has 0 aliphatic carbocycles. The number of hydrogen-bond donors (Lipinski definition) is 0. The van der Waals surface area contributed by atoms with Gasteiger partial charge in [-0.05, 0) is 0 Å². The normalized spacial score (nSPS) is 12.0. The number of hydrogen-bond acceptors (Lipinski definition) is 1. The predicted molar refractivity (Wildman–Crippen MR) is 127 cm³/mol. The van der Waals surface area contributed by atoms with E-state index in [0.29, 0.717) is 0 Å². The monoisotopic (exact) mass is 438 g/mol. The number of nitrogens with zero attached hydrogens (tertiary/aromatic N) is 2. The molecule has 2 nitrogen and oxygen atoms in total. The molecular formula is C26H24GeN2. The molecule has 0 radical (unpaired) electrons. The Morgan fingerprint density at radius 1 is 0.724 bits per heavy atom. The summed E-state index contributed by atoms with van der Waals surface area (Å²) in [6.07, 6.45) is 1.95. The minimum atomic E-state index is -2.12. The first-order valence-corrected chi connectivity index (χ1v) is 17.4. The van der Waals surface area contributed by atoms with Gasteiger partial charge in [-0.25, -0.2) is 0 Å². The standard InChI is InChI=1S/C26H24GeN2/c1-27(2,3)22-16-10-15-21-24-23(29(26(21)22)20-13-8-5-9-14-20)17-18-28-25(24)19-11-6-4-7-12-19/h4-18H,1-3H3. The van der Waals surface area contributed by atoms with Crippen LogP contribution in [0.1, 0.15) is 0 Å². The fraction of sp³-hybridized carbons (Fsp3) is 0.115. The van der Waals surface area contributed by atoms with E-state index >= 15 is 0 Å². The van der Waals surface area contributed by atoms with E-state index in [1.807, 2.05) is 6.20 Å². The van der Waals surface area contributed by atoms with Crippen LogP contribution in [0.15, 0.2) is 91.1 Å². The van der Waals surface area contributed by atoms with Crippen LogP contribution in [0.3, 0.4) is 0 Å². The topological polar surface area (TPSA) is 17.8 Å². The van der Waals surface area contributed by atoms with E-state index in [0.717, 1.165) is 11.3 Å². The Bertz CT molecular complexity index is 1310. The van der Waals surface area contributed by atoms with Crippen LogP contribution in [-0.4, -0.2) is 22.8 Å². The van der Waals surface area contributed by atoms with Gasteiger partial charge in [0, 0.05) is 0 Å². The maximum absolute atomic E-state index is 4.83. The molecule has 0 unspecified atom stereocenters. The number of fused-ring (bicyclic) bond motifs is 3. The minimum absolute atomic E-state index is 1.06. The Morgan fingerprint density at radius 2 is 1.41 bits per heavy atom. The summed E-state index contributed by atoms with van der Waals surface area (Å²) in [6.45, 7) is 0. The second-order valence-corrected chi connectivity index (χ2v) is 19.1. The van der Waals surface area contributed by atoms with Gasteiger partial charge in [-0.1, -0.05) is 0 Å². The van der Waals surface area contributed by atoms with Crippen molar-refractivity contribution in [2.75, 3.05) is 0 Å². The Kier molecular flexibility index (Phi) is 4.32. The fourth-order valence-electron chi connectivity index (χ4n) is 4.28. The molecular weight excluding hydrogens is 413 g/mol. The Labute approximate surface area is 174 Å². The van der Waals surface area contributed by atoms with Gasteiger partial charge in [0.05, 0.1) is 0 Å². The van der Waals surface area contributed by atoms with Crippen molar-refractivity contribution in [3.63, 3.8) is 0 Å². The van der Waals surface area contributed by atoms with E-state index in [-0.39, 0.29) is 0 Å².